The van der Waals surface area contributed by atoms with Crippen LogP contribution in [0, 0.1) is 0 Å². The van der Waals surface area contributed by atoms with Crippen molar-refractivity contribution in [3.05, 3.63) is 87.6 Å². The van der Waals surface area contributed by atoms with Crippen LogP contribution in [0.5, 0.6) is 0 Å². The molecule has 4 aromatic rings. The van der Waals surface area contributed by atoms with E-state index in [9.17, 15) is 14.4 Å². The molecule has 0 unspecified atom stereocenters. The third-order valence-corrected chi connectivity index (χ3v) is 14.9. The third kappa shape index (κ3) is 6.85. The maximum atomic E-state index is 14.8. The van der Waals surface area contributed by atoms with Gasteiger partial charge in [-0.15, -0.1) is 0 Å². The van der Waals surface area contributed by atoms with Crippen LogP contribution in [-0.2, 0) is 22.8 Å². The summed E-state index contributed by atoms with van der Waals surface area (Å²) in [5.74, 6) is -0.0408. The number of nitrogens with zero attached hydrogens (tertiary/aromatic N) is 3. The number of pyridine rings is 1. The Morgan fingerprint density at radius 2 is 1.65 bits per heavy atom. The predicted octanol–water partition coefficient (Wildman–Crippen LogP) is 7.83. The molecule has 2 amide bonds. The van der Waals surface area contributed by atoms with E-state index < -0.39 is 19.8 Å². The van der Waals surface area contributed by atoms with E-state index in [1.54, 1.807) is 22.6 Å². The molecular formula is C39H50N4O5Si. The van der Waals surface area contributed by atoms with Crippen LogP contribution in [0.2, 0.25) is 18.1 Å². The second-order valence-corrected chi connectivity index (χ2v) is 21.2. The van der Waals surface area contributed by atoms with Crippen LogP contribution in [0.4, 0.5) is 4.79 Å². The van der Waals surface area contributed by atoms with Crippen LogP contribution in [0.15, 0.2) is 59.5 Å². The van der Waals surface area contributed by atoms with Gasteiger partial charge in [0.2, 0.25) is 0 Å². The molecule has 2 fully saturated rings. The first-order chi connectivity index (χ1) is 22.8. The van der Waals surface area contributed by atoms with Crippen molar-refractivity contribution in [2.24, 2.45) is 12.8 Å². The molecule has 6 rings (SSSR count). The molecule has 2 aromatic carbocycles. The SMILES string of the molecule is Cn1cc(-c2cccc(-n3c(C4CN(C(=O)OC(C)(C)C)C4)cc4cc(C5CC5)ccc4c3=O)c2CO[Si](C)(C)C(C)(C)C)cc1C(N)=O. The van der Waals surface area contributed by atoms with E-state index in [4.69, 9.17) is 14.9 Å². The smallest absolute Gasteiger partial charge is 0.410 e. The van der Waals surface area contributed by atoms with Gasteiger partial charge in [0.25, 0.3) is 11.5 Å². The molecule has 3 heterocycles. The van der Waals surface area contributed by atoms with Gasteiger partial charge in [0.1, 0.15) is 11.3 Å². The number of hydrogen-bond donors (Lipinski definition) is 1. The molecule has 1 saturated carbocycles. The Labute approximate surface area is 290 Å². The lowest BCUT2D eigenvalue weighted by atomic mass is 9.92. The summed E-state index contributed by atoms with van der Waals surface area (Å²) < 4.78 is 16.1. The lowest BCUT2D eigenvalue weighted by Crippen LogP contribution is -2.51. The topological polar surface area (TPSA) is 109 Å². The molecule has 2 N–H and O–H groups in total. The number of amides is 2. The van der Waals surface area contributed by atoms with Crippen LogP contribution in [0.1, 0.15) is 93.5 Å². The van der Waals surface area contributed by atoms with Crippen molar-refractivity contribution in [2.75, 3.05) is 13.1 Å². The zero-order valence-electron chi connectivity index (χ0n) is 30.3. The van der Waals surface area contributed by atoms with Gasteiger partial charge >= 0.3 is 6.09 Å². The summed E-state index contributed by atoms with van der Waals surface area (Å²) in [6, 6.07) is 16.1. The number of nitrogens with two attached hydrogens (primary N) is 1. The standard InChI is InChI=1S/C39H50N4O5Si/c1-38(2,3)48-37(46)42-21-28(22-42)33-18-26-17-25(24-13-14-24)15-16-30(26)36(45)43(33)32-12-10-11-29(27-19-34(35(40)44)41(7)20-27)31(32)23-47-49(8,9)39(4,5)6/h10-12,15-20,24,28H,13-14,21-23H2,1-9H3,(H2,40,44). The van der Waals surface area contributed by atoms with Gasteiger partial charge in [-0.2, -0.15) is 0 Å². The Bertz CT molecular complexity index is 2000. The molecule has 1 saturated heterocycles. The first-order valence-corrected chi connectivity index (χ1v) is 20.2. The first kappa shape index (κ1) is 34.7. The number of aryl methyl sites for hydroxylation is 1. The Kier molecular flexibility index (Phi) is 8.72. The number of ether oxygens (including phenoxy) is 1. The highest BCUT2D eigenvalue weighted by Crippen LogP contribution is 2.42. The molecule has 0 radical (unpaired) electrons. The van der Waals surface area contributed by atoms with Crippen molar-refractivity contribution in [1.82, 2.24) is 14.0 Å². The van der Waals surface area contributed by atoms with Crippen LogP contribution in [0.3, 0.4) is 0 Å². The van der Waals surface area contributed by atoms with Gasteiger partial charge in [0.15, 0.2) is 8.32 Å². The van der Waals surface area contributed by atoms with E-state index in [2.05, 4.69) is 52.1 Å². The van der Waals surface area contributed by atoms with Gasteiger partial charge in [-0.1, -0.05) is 45.0 Å². The highest BCUT2D eigenvalue weighted by atomic mass is 28.4. The minimum atomic E-state index is -2.22. The monoisotopic (exact) mass is 682 g/mol. The molecule has 1 aliphatic heterocycles. The second-order valence-electron chi connectivity index (χ2n) is 16.4. The fourth-order valence-electron chi connectivity index (χ4n) is 6.35. The summed E-state index contributed by atoms with van der Waals surface area (Å²) >= 11 is 0. The van der Waals surface area contributed by atoms with Crippen molar-refractivity contribution in [2.45, 2.75) is 96.6 Å². The quantitative estimate of drug-likeness (QED) is 0.191. The van der Waals surface area contributed by atoms with E-state index in [-0.39, 0.29) is 29.2 Å². The average Bonchev–Trinajstić information content (AvgIpc) is 3.74. The number of aromatic nitrogens is 2. The number of carbonyl (C=O) groups is 2. The number of primary amides is 1. The molecule has 0 spiro atoms. The van der Waals surface area contributed by atoms with Crippen molar-refractivity contribution < 1.29 is 18.8 Å². The Morgan fingerprint density at radius 1 is 0.959 bits per heavy atom. The van der Waals surface area contributed by atoms with Crippen LogP contribution in [-0.4, -0.2) is 53.0 Å². The van der Waals surface area contributed by atoms with Gasteiger partial charge < -0.3 is 24.4 Å². The Morgan fingerprint density at radius 3 is 2.24 bits per heavy atom. The first-order valence-electron chi connectivity index (χ1n) is 17.2. The minimum Gasteiger partial charge on any atom is -0.444 e. The highest BCUT2D eigenvalue weighted by molar-refractivity contribution is 6.74. The summed E-state index contributed by atoms with van der Waals surface area (Å²) in [5.41, 5.74) is 10.8. The van der Waals surface area contributed by atoms with Crippen molar-refractivity contribution >= 4 is 31.1 Å². The van der Waals surface area contributed by atoms with Gasteiger partial charge in [0, 0.05) is 54.5 Å². The maximum Gasteiger partial charge on any atom is 0.410 e. The predicted molar refractivity (Wildman–Crippen MR) is 197 cm³/mol. The molecule has 10 heteroatoms. The van der Waals surface area contributed by atoms with E-state index in [0.717, 1.165) is 33.5 Å². The number of rotatable bonds is 8. The van der Waals surface area contributed by atoms with Crippen LogP contribution < -0.4 is 11.3 Å². The number of carbonyl (C=O) groups excluding carboxylic acids is 2. The number of likely N-dealkylation sites (tertiary alicyclic amines) is 1. The fraction of sp³-hybridized carbons (Fsp3) is 0.462. The number of hydrogen-bond acceptors (Lipinski definition) is 5. The summed E-state index contributed by atoms with van der Waals surface area (Å²) in [4.78, 5) is 41.7. The van der Waals surface area contributed by atoms with Crippen molar-refractivity contribution in [3.8, 4) is 16.8 Å². The van der Waals surface area contributed by atoms with E-state index in [1.807, 2.05) is 55.8 Å². The lowest BCUT2D eigenvalue weighted by molar-refractivity contribution is 0.00769. The van der Waals surface area contributed by atoms with Crippen molar-refractivity contribution in [3.63, 3.8) is 0 Å². The van der Waals surface area contributed by atoms with Gasteiger partial charge in [-0.05, 0) is 98.4 Å². The maximum absolute atomic E-state index is 14.8. The second kappa shape index (κ2) is 12.3. The third-order valence-electron chi connectivity index (χ3n) is 10.4. The van der Waals surface area contributed by atoms with E-state index in [0.29, 0.717) is 30.1 Å². The molecule has 9 nitrogen and oxygen atoms in total. The number of benzene rings is 2. The lowest BCUT2D eigenvalue weighted by Gasteiger charge is -2.41. The summed E-state index contributed by atoms with van der Waals surface area (Å²) in [7, 11) is -0.425. The molecule has 260 valence electrons. The van der Waals surface area contributed by atoms with Gasteiger partial charge in [0.05, 0.1) is 12.3 Å². The summed E-state index contributed by atoms with van der Waals surface area (Å²) in [5, 5.41) is 1.53. The molecule has 2 aliphatic rings. The van der Waals surface area contributed by atoms with Gasteiger partial charge in [-0.25, -0.2) is 4.79 Å². The molecule has 49 heavy (non-hydrogen) atoms. The average molecular weight is 683 g/mol. The van der Waals surface area contributed by atoms with E-state index in [1.165, 1.54) is 18.4 Å². The molecular weight excluding hydrogens is 633 g/mol. The van der Waals surface area contributed by atoms with E-state index >= 15 is 0 Å². The molecule has 2 aromatic heterocycles. The summed E-state index contributed by atoms with van der Waals surface area (Å²) in [6.07, 6.45) is 3.88. The largest absolute Gasteiger partial charge is 0.444 e. The van der Waals surface area contributed by atoms with Crippen LogP contribution >= 0.6 is 0 Å². The van der Waals surface area contributed by atoms with Gasteiger partial charge in [-0.3, -0.25) is 14.2 Å². The van der Waals surface area contributed by atoms with Crippen molar-refractivity contribution in [1.29, 1.82) is 0 Å². The zero-order valence-corrected chi connectivity index (χ0v) is 31.3. The summed E-state index contributed by atoms with van der Waals surface area (Å²) in [6.45, 7) is 17.8. The zero-order chi connectivity index (χ0) is 35.6. The molecule has 0 atom stereocenters. The highest BCUT2D eigenvalue weighted by Gasteiger charge is 2.39. The Balaban J connectivity index is 1.54. The Hall–Kier alpha value is -4.15. The molecule has 1 aliphatic carbocycles. The minimum absolute atomic E-state index is 0.0325. The fourth-order valence-corrected chi connectivity index (χ4v) is 7.29. The normalized spacial score (nSPS) is 15.8. The molecule has 0 bridgehead atoms. The van der Waals surface area contributed by atoms with Crippen LogP contribution in [0.25, 0.3) is 27.6 Å². The number of fused-ring (bicyclic) bond motifs is 1.